The summed E-state index contributed by atoms with van der Waals surface area (Å²) in [4.78, 5) is 28.2. The summed E-state index contributed by atoms with van der Waals surface area (Å²) in [7, 11) is 0. The van der Waals surface area contributed by atoms with E-state index >= 15 is 0 Å². The van der Waals surface area contributed by atoms with Crippen molar-refractivity contribution >= 4 is 22.8 Å². The molecule has 7 nitrogen and oxygen atoms in total. The highest BCUT2D eigenvalue weighted by molar-refractivity contribution is 7.13. The van der Waals surface area contributed by atoms with Crippen LogP contribution in [-0.4, -0.2) is 43.3 Å². The minimum absolute atomic E-state index is 0.0334. The number of aromatic nitrogens is 4. The summed E-state index contributed by atoms with van der Waals surface area (Å²) >= 11 is 1.57. The Bertz CT molecular complexity index is 981. The van der Waals surface area contributed by atoms with E-state index in [4.69, 9.17) is 0 Å². The molecule has 0 aliphatic carbocycles. The van der Waals surface area contributed by atoms with E-state index in [0.717, 1.165) is 30.1 Å². The number of rotatable bonds is 3. The van der Waals surface area contributed by atoms with Gasteiger partial charge in [-0.3, -0.25) is 9.59 Å². The summed E-state index contributed by atoms with van der Waals surface area (Å²) in [6.45, 7) is 5.77. The van der Waals surface area contributed by atoms with Crippen LogP contribution in [0.4, 0.5) is 0 Å². The number of likely N-dealkylation sites (tertiary alicyclic amines) is 1. The normalized spacial score (nSPS) is 20.6. The van der Waals surface area contributed by atoms with Gasteiger partial charge in [0, 0.05) is 13.1 Å². The first-order valence-electron chi connectivity index (χ1n) is 8.78. The lowest BCUT2D eigenvalue weighted by molar-refractivity contribution is -0.134. The van der Waals surface area contributed by atoms with Crippen molar-refractivity contribution in [1.82, 2.24) is 24.3 Å². The van der Waals surface area contributed by atoms with E-state index in [1.54, 1.807) is 17.4 Å². The zero-order valence-electron chi connectivity index (χ0n) is 14.8. The monoisotopic (exact) mass is 371 g/mol. The van der Waals surface area contributed by atoms with Gasteiger partial charge in [0.05, 0.1) is 4.88 Å². The first-order valence-corrected chi connectivity index (χ1v) is 9.66. The topological polar surface area (TPSA) is 72.5 Å². The molecule has 0 radical (unpaired) electrons. The van der Waals surface area contributed by atoms with E-state index < -0.39 is 0 Å². The Hall–Kier alpha value is -2.48. The second-order valence-corrected chi connectivity index (χ2v) is 8.12. The Morgan fingerprint density at radius 1 is 1.31 bits per heavy atom. The van der Waals surface area contributed by atoms with E-state index in [1.807, 2.05) is 22.4 Å². The van der Waals surface area contributed by atoms with Crippen molar-refractivity contribution in [2.45, 2.75) is 26.8 Å². The molecule has 1 aliphatic heterocycles. The molecule has 0 N–H and O–H groups in total. The molecule has 0 saturated carbocycles. The van der Waals surface area contributed by atoms with Crippen molar-refractivity contribution in [3.8, 4) is 10.6 Å². The third-order valence-corrected chi connectivity index (χ3v) is 5.66. The highest BCUT2D eigenvalue weighted by Crippen LogP contribution is 2.23. The number of thiophene rings is 1. The molecule has 1 amide bonds. The summed E-state index contributed by atoms with van der Waals surface area (Å²) in [6, 6.07) is 5.66. The number of nitrogens with zero attached hydrogens (tertiary/aromatic N) is 5. The third-order valence-electron chi connectivity index (χ3n) is 4.77. The first-order chi connectivity index (χ1) is 12.5. The summed E-state index contributed by atoms with van der Waals surface area (Å²) in [5, 5.41) is 10.5. The zero-order valence-corrected chi connectivity index (χ0v) is 15.6. The molecule has 1 fully saturated rings. The van der Waals surface area contributed by atoms with Gasteiger partial charge >= 0.3 is 0 Å². The third kappa shape index (κ3) is 3.16. The zero-order chi connectivity index (χ0) is 18.3. The minimum atomic E-state index is -0.297. The highest BCUT2D eigenvalue weighted by atomic mass is 32.1. The van der Waals surface area contributed by atoms with Crippen LogP contribution in [-0.2, 0) is 11.3 Å². The lowest BCUT2D eigenvalue weighted by Crippen LogP contribution is -2.45. The summed E-state index contributed by atoms with van der Waals surface area (Å²) in [5.74, 6) is 0.913. The molecule has 26 heavy (non-hydrogen) atoms. The van der Waals surface area contributed by atoms with Crippen molar-refractivity contribution in [3.63, 3.8) is 0 Å². The van der Waals surface area contributed by atoms with Crippen molar-refractivity contribution in [3.05, 3.63) is 40.3 Å². The quantitative estimate of drug-likeness (QED) is 0.707. The number of piperidine rings is 1. The SMILES string of the molecule is C[C@H]1C[C@H](C)CN(C(=O)Cn2ncn3nc(-c4cccs4)cc3c2=O)C1. The van der Waals surface area contributed by atoms with Crippen LogP contribution in [0.1, 0.15) is 20.3 Å². The van der Waals surface area contributed by atoms with Gasteiger partial charge < -0.3 is 4.90 Å². The molecular weight excluding hydrogens is 350 g/mol. The summed E-state index contributed by atoms with van der Waals surface area (Å²) in [5.41, 5.74) is 0.868. The minimum Gasteiger partial charge on any atom is -0.341 e. The summed E-state index contributed by atoms with van der Waals surface area (Å²) < 4.78 is 2.71. The molecule has 4 rings (SSSR count). The molecule has 8 heteroatoms. The maximum absolute atomic E-state index is 12.7. The largest absolute Gasteiger partial charge is 0.341 e. The lowest BCUT2D eigenvalue weighted by Gasteiger charge is -2.35. The van der Waals surface area contributed by atoms with Crippen molar-refractivity contribution in [1.29, 1.82) is 0 Å². The Labute approximate surface area is 154 Å². The fourth-order valence-corrected chi connectivity index (χ4v) is 4.37. The van der Waals surface area contributed by atoms with Gasteiger partial charge in [-0.2, -0.15) is 10.2 Å². The fraction of sp³-hybridized carbons (Fsp3) is 0.444. The molecule has 1 saturated heterocycles. The number of carbonyl (C=O) groups excluding carboxylic acids is 1. The van der Waals surface area contributed by atoms with Crippen LogP contribution in [0.3, 0.4) is 0 Å². The van der Waals surface area contributed by atoms with Crippen LogP contribution >= 0.6 is 11.3 Å². The van der Waals surface area contributed by atoms with Gasteiger partial charge in [0.1, 0.15) is 24.1 Å². The van der Waals surface area contributed by atoms with Gasteiger partial charge in [0.25, 0.3) is 5.56 Å². The first kappa shape index (κ1) is 17.0. The molecule has 4 heterocycles. The van der Waals surface area contributed by atoms with Crippen LogP contribution in [0.15, 0.2) is 34.7 Å². The Morgan fingerprint density at radius 2 is 2.08 bits per heavy atom. The molecule has 0 unspecified atom stereocenters. The lowest BCUT2D eigenvalue weighted by atomic mass is 9.92. The average molecular weight is 371 g/mol. The smallest absolute Gasteiger partial charge is 0.293 e. The van der Waals surface area contributed by atoms with E-state index in [1.165, 1.54) is 15.5 Å². The van der Waals surface area contributed by atoms with Gasteiger partial charge in [-0.05, 0) is 35.8 Å². The van der Waals surface area contributed by atoms with Crippen LogP contribution < -0.4 is 5.56 Å². The van der Waals surface area contributed by atoms with E-state index in [0.29, 0.717) is 17.4 Å². The molecule has 2 atom stereocenters. The average Bonchev–Trinajstić information content (AvgIpc) is 3.25. The standard InChI is InChI=1S/C18H21N5O2S/c1-12-6-13(2)9-21(8-12)17(24)10-22-18(25)15-7-14(16-4-3-5-26-16)20-23(15)11-19-22/h3-5,7,11-13H,6,8-10H2,1-2H3/t12-,13-/m0/s1. The molecule has 3 aromatic heterocycles. The van der Waals surface area contributed by atoms with Crippen molar-refractivity contribution < 1.29 is 4.79 Å². The predicted octanol–water partition coefficient (Wildman–Crippen LogP) is 2.12. The van der Waals surface area contributed by atoms with Gasteiger partial charge in [-0.15, -0.1) is 11.3 Å². The molecule has 0 bridgehead atoms. The Balaban J connectivity index is 1.60. The van der Waals surface area contributed by atoms with Gasteiger partial charge in [-0.1, -0.05) is 19.9 Å². The van der Waals surface area contributed by atoms with Crippen molar-refractivity contribution in [2.75, 3.05) is 13.1 Å². The number of hydrogen-bond donors (Lipinski definition) is 0. The molecule has 1 aliphatic rings. The Kier molecular flexibility index (Phi) is 4.36. The number of hydrogen-bond acceptors (Lipinski definition) is 5. The highest BCUT2D eigenvalue weighted by Gasteiger charge is 2.26. The number of carbonyl (C=O) groups is 1. The second kappa shape index (κ2) is 6.68. The maximum Gasteiger partial charge on any atom is 0.293 e. The molecule has 0 aromatic carbocycles. The molecular formula is C18H21N5O2S. The van der Waals surface area contributed by atoms with E-state index in [2.05, 4.69) is 24.0 Å². The van der Waals surface area contributed by atoms with Gasteiger partial charge in [0.2, 0.25) is 5.91 Å². The molecule has 3 aromatic rings. The molecule has 0 spiro atoms. The van der Waals surface area contributed by atoms with Crippen LogP contribution in [0.25, 0.3) is 16.1 Å². The van der Waals surface area contributed by atoms with Gasteiger partial charge in [-0.25, -0.2) is 9.20 Å². The molecule has 136 valence electrons. The maximum atomic E-state index is 12.7. The second-order valence-electron chi connectivity index (χ2n) is 7.18. The predicted molar refractivity (Wildman–Crippen MR) is 100 cm³/mol. The fourth-order valence-electron chi connectivity index (χ4n) is 3.69. The Morgan fingerprint density at radius 3 is 2.77 bits per heavy atom. The van der Waals surface area contributed by atoms with Crippen LogP contribution in [0.5, 0.6) is 0 Å². The number of amides is 1. The summed E-state index contributed by atoms with van der Waals surface area (Å²) in [6.07, 6.45) is 2.62. The van der Waals surface area contributed by atoms with Gasteiger partial charge in [0.15, 0.2) is 0 Å². The van der Waals surface area contributed by atoms with E-state index in [-0.39, 0.29) is 18.0 Å². The van der Waals surface area contributed by atoms with Crippen LogP contribution in [0.2, 0.25) is 0 Å². The van der Waals surface area contributed by atoms with Crippen molar-refractivity contribution in [2.24, 2.45) is 11.8 Å². The van der Waals surface area contributed by atoms with E-state index in [9.17, 15) is 9.59 Å². The van der Waals surface area contributed by atoms with Crippen LogP contribution in [0, 0.1) is 11.8 Å². The number of fused-ring (bicyclic) bond motifs is 1.